The van der Waals surface area contributed by atoms with Gasteiger partial charge in [-0.15, -0.1) is 23.5 Å². The number of benzene rings is 2. The number of aryl methyl sites for hydroxylation is 3. The first-order valence-corrected chi connectivity index (χ1v) is 13.0. The highest BCUT2D eigenvalue weighted by molar-refractivity contribution is 8.01. The van der Waals surface area contributed by atoms with E-state index in [1.54, 1.807) is 12.1 Å². The van der Waals surface area contributed by atoms with E-state index in [1.807, 2.05) is 41.8 Å². The minimum atomic E-state index is -4.27. The molecule has 0 fully saturated rings. The Morgan fingerprint density at radius 1 is 1.04 bits per heavy atom. The van der Waals surface area contributed by atoms with Gasteiger partial charge in [0.1, 0.15) is 21.4 Å². The number of thiazole rings is 1. The molecule has 1 heterocycles. The van der Waals surface area contributed by atoms with Crippen LogP contribution in [0.4, 0.5) is 0 Å². The normalized spacial score (nSPS) is 11.3. The standard InChI is InChI=1S/C12H16NS3.C7H8O3S/c1-5-13-8(2)16-10-7-12(15-4)11(14-3)6-9(10)13;1-6-2-4-7(5-3-6)11(8,9)10/h6-7H,5H2,1-4H3;2-5H,1H3,(H,8,9,10)/q+1;/p-1. The zero-order valence-corrected chi connectivity index (χ0v) is 19.2. The van der Waals surface area contributed by atoms with Crippen LogP contribution in [0.1, 0.15) is 17.5 Å². The van der Waals surface area contributed by atoms with Crippen LogP contribution in [0.5, 0.6) is 0 Å². The van der Waals surface area contributed by atoms with Crippen LogP contribution in [-0.4, -0.2) is 25.5 Å². The van der Waals surface area contributed by atoms with Crippen molar-refractivity contribution >= 4 is 55.2 Å². The lowest BCUT2D eigenvalue weighted by molar-refractivity contribution is -0.669. The van der Waals surface area contributed by atoms with E-state index < -0.39 is 10.1 Å². The predicted molar refractivity (Wildman–Crippen MR) is 115 cm³/mol. The van der Waals surface area contributed by atoms with Gasteiger partial charge in [0.15, 0.2) is 0 Å². The molecule has 0 radical (unpaired) electrons. The number of hydrogen-bond donors (Lipinski definition) is 0. The molecule has 3 rings (SSSR count). The van der Waals surface area contributed by atoms with E-state index in [2.05, 4.69) is 43.1 Å². The van der Waals surface area contributed by atoms with E-state index in [-0.39, 0.29) is 4.90 Å². The van der Waals surface area contributed by atoms with Gasteiger partial charge in [0.05, 0.1) is 4.90 Å². The maximum atomic E-state index is 10.4. The fraction of sp³-hybridized carbons (Fsp3) is 0.316. The summed E-state index contributed by atoms with van der Waals surface area (Å²) in [4.78, 5) is 2.60. The minimum Gasteiger partial charge on any atom is -0.744 e. The number of rotatable bonds is 4. The van der Waals surface area contributed by atoms with Crippen LogP contribution in [0, 0.1) is 13.8 Å². The van der Waals surface area contributed by atoms with E-state index in [1.165, 1.54) is 37.1 Å². The third kappa shape index (κ3) is 5.48. The van der Waals surface area contributed by atoms with Gasteiger partial charge >= 0.3 is 0 Å². The molecular weight excluding hydrogens is 418 g/mol. The Morgan fingerprint density at radius 3 is 2.07 bits per heavy atom. The van der Waals surface area contributed by atoms with E-state index >= 15 is 0 Å². The molecule has 146 valence electrons. The fourth-order valence-electron chi connectivity index (χ4n) is 2.62. The molecule has 0 spiro atoms. The summed E-state index contributed by atoms with van der Waals surface area (Å²) < 4.78 is 35.0. The lowest BCUT2D eigenvalue weighted by Gasteiger charge is -2.05. The molecule has 0 N–H and O–H groups in total. The molecule has 27 heavy (non-hydrogen) atoms. The molecule has 0 aliphatic rings. The fourth-order valence-corrected chi connectivity index (χ4v) is 5.76. The Bertz CT molecular complexity index is 1030. The van der Waals surface area contributed by atoms with Gasteiger partial charge in [-0.3, -0.25) is 0 Å². The molecule has 0 atom stereocenters. The summed E-state index contributed by atoms with van der Waals surface area (Å²) in [5, 5.41) is 1.39. The molecule has 3 aromatic rings. The van der Waals surface area contributed by atoms with Crippen molar-refractivity contribution in [3.63, 3.8) is 0 Å². The molecule has 1 aromatic heterocycles. The van der Waals surface area contributed by atoms with Gasteiger partial charge in [-0.05, 0) is 44.6 Å². The smallest absolute Gasteiger partial charge is 0.235 e. The van der Waals surface area contributed by atoms with Crippen LogP contribution >= 0.6 is 34.9 Å². The summed E-state index contributed by atoms with van der Waals surface area (Å²) in [7, 11) is -4.27. The van der Waals surface area contributed by atoms with Crippen molar-refractivity contribution < 1.29 is 17.5 Å². The molecule has 2 aromatic carbocycles. The lowest BCUT2D eigenvalue weighted by Crippen LogP contribution is -2.33. The Kier molecular flexibility index (Phi) is 7.76. The Balaban J connectivity index is 0.000000208. The topological polar surface area (TPSA) is 61.1 Å². The summed E-state index contributed by atoms with van der Waals surface area (Å²) >= 11 is 5.56. The molecule has 0 unspecified atom stereocenters. The second kappa shape index (κ2) is 9.43. The SMILES string of the molecule is CC[n+]1c(C)sc2cc(SC)c(SC)cc21.Cc1ccc(S(=O)(=O)[O-])cc1. The zero-order valence-electron chi connectivity index (χ0n) is 16.0. The van der Waals surface area contributed by atoms with E-state index in [0.717, 1.165) is 12.1 Å². The zero-order chi connectivity index (χ0) is 20.2. The van der Waals surface area contributed by atoms with Gasteiger partial charge in [0.2, 0.25) is 10.5 Å². The lowest BCUT2D eigenvalue weighted by atomic mass is 10.2. The number of nitrogens with zero attached hydrogens (tertiary/aromatic N) is 1. The van der Waals surface area contributed by atoms with Crippen molar-refractivity contribution in [2.45, 2.75) is 42.0 Å². The quantitative estimate of drug-likeness (QED) is 0.329. The number of thioether (sulfide) groups is 2. The summed E-state index contributed by atoms with van der Waals surface area (Å²) in [5.41, 5.74) is 2.31. The van der Waals surface area contributed by atoms with Crippen molar-refractivity contribution in [2.75, 3.05) is 12.5 Å². The molecule has 8 heteroatoms. The van der Waals surface area contributed by atoms with Crippen molar-refractivity contribution in [3.05, 3.63) is 47.0 Å². The molecule has 0 bridgehead atoms. The molecule has 0 aliphatic heterocycles. The first kappa shape index (κ1) is 22.2. The Morgan fingerprint density at radius 2 is 1.59 bits per heavy atom. The summed E-state index contributed by atoms with van der Waals surface area (Å²) in [6, 6.07) is 10.4. The maximum Gasteiger partial charge on any atom is 0.235 e. The molecule has 4 nitrogen and oxygen atoms in total. The highest BCUT2D eigenvalue weighted by atomic mass is 32.2. The molecule has 0 aliphatic carbocycles. The van der Waals surface area contributed by atoms with Gasteiger partial charge in [0.25, 0.3) is 0 Å². The average molecular weight is 442 g/mol. The van der Waals surface area contributed by atoms with Crippen molar-refractivity contribution in [2.24, 2.45) is 0 Å². The van der Waals surface area contributed by atoms with Gasteiger partial charge in [-0.1, -0.05) is 29.0 Å². The summed E-state index contributed by atoms with van der Waals surface area (Å²) in [5.74, 6) is 0. The van der Waals surface area contributed by atoms with Crippen LogP contribution in [-0.2, 0) is 16.7 Å². The van der Waals surface area contributed by atoms with Crippen LogP contribution in [0.3, 0.4) is 0 Å². The third-order valence-electron chi connectivity index (χ3n) is 4.02. The minimum absolute atomic E-state index is 0.178. The Hall–Kier alpha value is -1.06. The van der Waals surface area contributed by atoms with E-state index in [0.29, 0.717) is 0 Å². The largest absolute Gasteiger partial charge is 0.744 e. The second-order valence-corrected chi connectivity index (χ2v) is 10.1. The Labute approximate surface area is 173 Å². The number of fused-ring (bicyclic) bond motifs is 1. The van der Waals surface area contributed by atoms with Crippen molar-refractivity contribution in [3.8, 4) is 0 Å². The van der Waals surface area contributed by atoms with Crippen molar-refractivity contribution in [1.82, 2.24) is 0 Å². The van der Waals surface area contributed by atoms with Crippen LogP contribution in [0.15, 0.2) is 51.1 Å². The average Bonchev–Trinajstić information content (AvgIpc) is 2.94. The van der Waals surface area contributed by atoms with Gasteiger partial charge in [-0.25, -0.2) is 8.42 Å². The molecule has 0 saturated carbocycles. The summed E-state index contributed by atoms with van der Waals surface area (Å²) in [6.07, 6.45) is 4.30. The van der Waals surface area contributed by atoms with Crippen LogP contribution < -0.4 is 4.57 Å². The molecule has 0 amide bonds. The summed E-state index contributed by atoms with van der Waals surface area (Å²) in [6.45, 7) is 7.28. The van der Waals surface area contributed by atoms with Crippen LogP contribution in [0.2, 0.25) is 0 Å². The third-order valence-corrected chi connectivity index (χ3v) is 7.62. The molecule has 0 saturated heterocycles. The van der Waals surface area contributed by atoms with Crippen molar-refractivity contribution in [1.29, 1.82) is 0 Å². The number of aromatic nitrogens is 1. The maximum absolute atomic E-state index is 10.4. The first-order valence-electron chi connectivity index (χ1n) is 8.28. The highest BCUT2D eigenvalue weighted by Gasteiger charge is 2.17. The molecular formula is C19H23NO3S4. The van der Waals surface area contributed by atoms with Crippen LogP contribution in [0.25, 0.3) is 10.2 Å². The first-order chi connectivity index (χ1) is 12.7. The number of hydrogen-bond acceptors (Lipinski definition) is 6. The second-order valence-electron chi connectivity index (χ2n) is 5.81. The van der Waals surface area contributed by atoms with Gasteiger partial charge < -0.3 is 4.55 Å². The predicted octanol–water partition coefficient (Wildman–Crippen LogP) is 4.86. The van der Waals surface area contributed by atoms with E-state index in [4.69, 9.17) is 0 Å². The van der Waals surface area contributed by atoms with Gasteiger partial charge in [0, 0.05) is 22.8 Å². The monoisotopic (exact) mass is 441 g/mol. The van der Waals surface area contributed by atoms with E-state index in [9.17, 15) is 13.0 Å². The van der Waals surface area contributed by atoms with Gasteiger partial charge in [-0.2, -0.15) is 4.57 Å². The highest BCUT2D eigenvalue weighted by Crippen LogP contribution is 2.33.